The molecule has 0 fully saturated rings. The molecular formula is C12H13NO2. The number of nitrogens with two attached hydrogens (primary N) is 1. The maximum atomic E-state index is 11.9. The van der Waals surface area contributed by atoms with Gasteiger partial charge in [-0.05, 0) is 18.6 Å². The SMILES string of the molecule is Cc1ccc(C(=O)C2=COCC2)cc1N. The Balaban J connectivity index is 2.29. The lowest BCUT2D eigenvalue weighted by Gasteiger charge is -2.03. The van der Waals surface area contributed by atoms with E-state index >= 15 is 0 Å². The molecule has 2 rings (SSSR count). The Labute approximate surface area is 88.5 Å². The number of hydrogen-bond acceptors (Lipinski definition) is 3. The van der Waals surface area contributed by atoms with Gasteiger partial charge in [0.2, 0.25) is 0 Å². The van der Waals surface area contributed by atoms with Crippen molar-refractivity contribution in [3.05, 3.63) is 41.2 Å². The number of rotatable bonds is 2. The van der Waals surface area contributed by atoms with Gasteiger partial charge in [-0.3, -0.25) is 4.79 Å². The first-order valence-electron chi connectivity index (χ1n) is 4.90. The number of nitrogen functional groups attached to an aromatic ring is 1. The number of benzene rings is 1. The first-order valence-corrected chi connectivity index (χ1v) is 4.90. The second-order valence-electron chi connectivity index (χ2n) is 3.66. The van der Waals surface area contributed by atoms with Crippen molar-refractivity contribution < 1.29 is 9.53 Å². The first kappa shape index (κ1) is 9.77. The van der Waals surface area contributed by atoms with Crippen LogP contribution in [0.2, 0.25) is 0 Å². The van der Waals surface area contributed by atoms with Crippen LogP contribution in [0.1, 0.15) is 22.3 Å². The van der Waals surface area contributed by atoms with Crippen LogP contribution in [-0.4, -0.2) is 12.4 Å². The van der Waals surface area contributed by atoms with Gasteiger partial charge in [0.15, 0.2) is 5.78 Å². The van der Waals surface area contributed by atoms with Gasteiger partial charge in [-0.1, -0.05) is 12.1 Å². The predicted octanol–water partition coefficient (Wildman–Crippen LogP) is 2.06. The van der Waals surface area contributed by atoms with Crippen molar-refractivity contribution in [1.29, 1.82) is 0 Å². The van der Waals surface area contributed by atoms with Crippen LogP contribution in [0, 0.1) is 6.92 Å². The van der Waals surface area contributed by atoms with Crippen molar-refractivity contribution >= 4 is 11.5 Å². The Kier molecular flexibility index (Phi) is 2.46. The zero-order chi connectivity index (χ0) is 10.8. The van der Waals surface area contributed by atoms with Crippen molar-refractivity contribution in [3.8, 4) is 0 Å². The monoisotopic (exact) mass is 203 g/mol. The summed E-state index contributed by atoms with van der Waals surface area (Å²) in [5.74, 6) is 0.0131. The molecule has 0 bridgehead atoms. The van der Waals surface area contributed by atoms with Gasteiger partial charge < -0.3 is 10.5 Å². The van der Waals surface area contributed by atoms with Crippen LogP contribution in [-0.2, 0) is 4.74 Å². The molecule has 0 spiro atoms. The van der Waals surface area contributed by atoms with E-state index in [4.69, 9.17) is 10.5 Å². The fourth-order valence-corrected chi connectivity index (χ4v) is 1.52. The van der Waals surface area contributed by atoms with E-state index in [-0.39, 0.29) is 5.78 Å². The number of ketones is 1. The van der Waals surface area contributed by atoms with E-state index in [1.54, 1.807) is 18.4 Å². The Morgan fingerprint density at radius 3 is 2.87 bits per heavy atom. The quantitative estimate of drug-likeness (QED) is 0.591. The molecule has 1 aliphatic heterocycles. The molecule has 0 aliphatic carbocycles. The molecule has 0 aromatic heterocycles. The van der Waals surface area contributed by atoms with E-state index in [1.807, 2.05) is 13.0 Å². The molecule has 0 atom stereocenters. The lowest BCUT2D eigenvalue weighted by Crippen LogP contribution is -2.03. The van der Waals surface area contributed by atoms with Gasteiger partial charge in [0.05, 0.1) is 12.9 Å². The standard InChI is InChI=1S/C12H13NO2/c1-8-2-3-9(6-11(8)13)12(14)10-4-5-15-7-10/h2-3,6-7H,4-5,13H2,1H3. The molecular weight excluding hydrogens is 190 g/mol. The molecule has 1 aromatic rings. The van der Waals surface area contributed by atoms with Crippen molar-refractivity contribution in [2.75, 3.05) is 12.3 Å². The van der Waals surface area contributed by atoms with Gasteiger partial charge >= 0.3 is 0 Å². The summed E-state index contributed by atoms with van der Waals surface area (Å²) in [7, 11) is 0. The highest BCUT2D eigenvalue weighted by molar-refractivity contribution is 6.09. The second kappa shape index (κ2) is 3.77. The zero-order valence-electron chi connectivity index (χ0n) is 8.62. The van der Waals surface area contributed by atoms with Crippen molar-refractivity contribution in [2.45, 2.75) is 13.3 Å². The summed E-state index contributed by atoms with van der Waals surface area (Å²) in [4.78, 5) is 11.9. The number of carbonyl (C=O) groups is 1. The van der Waals surface area contributed by atoms with E-state index in [1.165, 1.54) is 0 Å². The number of aryl methyl sites for hydroxylation is 1. The van der Waals surface area contributed by atoms with E-state index in [9.17, 15) is 4.79 Å². The summed E-state index contributed by atoms with van der Waals surface area (Å²) in [6, 6.07) is 5.38. The van der Waals surface area contributed by atoms with Crippen molar-refractivity contribution in [3.63, 3.8) is 0 Å². The van der Waals surface area contributed by atoms with Crippen LogP contribution in [0.5, 0.6) is 0 Å². The fourth-order valence-electron chi connectivity index (χ4n) is 1.52. The van der Waals surface area contributed by atoms with Crippen LogP contribution < -0.4 is 5.73 Å². The number of carbonyl (C=O) groups excluding carboxylic acids is 1. The largest absolute Gasteiger partial charge is 0.500 e. The van der Waals surface area contributed by atoms with E-state index in [0.717, 1.165) is 11.1 Å². The summed E-state index contributed by atoms with van der Waals surface area (Å²) >= 11 is 0. The molecule has 0 unspecified atom stereocenters. The van der Waals surface area contributed by atoms with E-state index < -0.39 is 0 Å². The molecule has 0 saturated carbocycles. The van der Waals surface area contributed by atoms with Gasteiger partial charge in [0.1, 0.15) is 0 Å². The third-order valence-corrected chi connectivity index (χ3v) is 2.55. The lowest BCUT2D eigenvalue weighted by molar-refractivity contribution is 0.103. The summed E-state index contributed by atoms with van der Waals surface area (Å²) in [5.41, 5.74) is 8.75. The highest BCUT2D eigenvalue weighted by Gasteiger charge is 2.16. The smallest absolute Gasteiger partial charge is 0.192 e. The third kappa shape index (κ3) is 1.86. The maximum Gasteiger partial charge on any atom is 0.192 e. The van der Waals surface area contributed by atoms with Crippen LogP contribution in [0.3, 0.4) is 0 Å². The molecule has 15 heavy (non-hydrogen) atoms. The minimum absolute atomic E-state index is 0.0131. The van der Waals surface area contributed by atoms with Gasteiger partial charge in [-0.2, -0.15) is 0 Å². The highest BCUT2D eigenvalue weighted by atomic mass is 16.5. The molecule has 1 aliphatic rings. The Hall–Kier alpha value is -1.77. The topological polar surface area (TPSA) is 52.3 Å². The predicted molar refractivity (Wildman–Crippen MR) is 58.6 cm³/mol. The number of anilines is 1. The van der Waals surface area contributed by atoms with Crippen LogP contribution >= 0.6 is 0 Å². The third-order valence-electron chi connectivity index (χ3n) is 2.55. The van der Waals surface area contributed by atoms with E-state index in [0.29, 0.717) is 24.3 Å². The van der Waals surface area contributed by atoms with Crippen LogP contribution in [0.25, 0.3) is 0 Å². The number of Topliss-reactive ketones (excluding diaryl/α,β-unsaturated/α-hetero) is 1. The zero-order valence-corrected chi connectivity index (χ0v) is 8.62. The number of hydrogen-bond donors (Lipinski definition) is 1. The lowest BCUT2D eigenvalue weighted by atomic mass is 10.0. The highest BCUT2D eigenvalue weighted by Crippen LogP contribution is 2.19. The number of ether oxygens (including phenoxy) is 1. The van der Waals surface area contributed by atoms with Gasteiger partial charge in [0.25, 0.3) is 0 Å². The summed E-state index contributed by atoms with van der Waals surface area (Å²) in [6.07, 6.45) is 2.23. The Bertz CT molecular complexity index is 435. The second-order valence-corrected chi connectivity index (χ2v) is 3.66. The molecule has 2 N–H and O–H groups in total. The molecule has 0 saturated heterocycles. The fraction of sp³-hybridized carbons (Fsp3) is 0.250. The Morgan fingerprint density at radius 1 is 1.47 bits per heavy atom. The molecule has 3 nitrogen and oxygen atoms in total. The van der Waals surface area contributed by atoms with E-state index in [2.05, 4.69) is 0 Å². The minimum Gasteiger partial charge on any atom is -0.500 e. The molecule has 1 heterocycles. The normalized spacial score (nSPS) is 14.6. The summed E-state index contributed by atoms with van der Waals surface area (Å²) in [5, 5.41) is 0. The molecule has 0 amide bonds. The average Bonchev–Trinajstić information content (AvgIpc) is 2.74. The molecule has 1 aromatic carbocycles. The van der Waals surface area contributed by atoms with Gasteiger partial charge in [0, 0.05) is 23.2 Å². The molecule has 3 heteroatoms. The van der Waals surface area contributed by atoms with Gasteiger partial charge in [-0.25, -0.2) is 0 Å². The molecule has 0 radical (unpaired) electrons. The molecule has 78 valence electrons. The van der Waals surface area contributed by atoms with Crippen LogP contribution in [0.15, 0.2) is 30.0 Å². The van der Waals surface area contributed by atoms with Crippen LogP contribution in [0.4, 0.5) is 5.69 Å². The van der Waals surface area contributed by atoms with Gasteiger partial charge in [-0.15, -0.1) is 0 Å². The van der Waals surface area contributed by atoms with Crippen molar-refractivity contribution in [2.24, 2.45) is 0 Å². The summed E-state index contributed by atoms with van der Waals surface area (Å²) in [6.45, 7) is 2.52. The average molecular weight is 203 g/mol. The maximum absolute atomic E-state index is 11.9. The first-order chi connectivity index (χ1) is 7.18. The summed E-state index contributed by atoms with van der Waals surface area (Å²) < 4.78 is 5.04. The minimum atomic E-state index is 0.0131. The Morgan fingerprint density at radius 2 is 2.27 bits per heavy atom. The van der Waals surface area contributed by atoms with Crippen molar-refractivity contribution in [1.82, 2.24) is 0 Å².